The molecule has 0 aliphatic carbocycles. The Morgan fingerprint density at radius 3 is 1.60 bits per heavy atom. The van der Waals surface area contributed by atoms with Gasteiger partial charge >= 0.3 is 0 Å². The Bertz CT molecular complexity index is 125. The molecule has 15 heavy (non-hydrogen) atoms. The van der Waals surface area contributed by atoms with Gasteiger partial charge in [-0.15, -0.1) is 23.2 Å². The maximum Gasteiger partial charge on any atom is 0.0631 e. The molecule has 0 bridgehead atoms. The first-order valence-electron chi connectivity index (χ1n) is 5.26. The normalized spacial score (nSPS) is 15.2. The summed E-state index contributed by atoms with van der Waals surface area (Å²) in [6.07, 6.45) is 2.58. The van der Waals surface area contributed by atoms with E-state index in [0.717, 1.165) is 25.7 Å². The van der Waals surface area contributed by atoms with E-state index in [4.69, 9.17) is 23.2 Å². The SMILES string of the molecule is OC(CCCCl)CSCC(O)CCCCl. The van der Waals surface area contributed by atoms with Crippen LogP contribution in [-0.2, 0) is 0 Å². The number of alkyl halides is 2. The summed E-state index contributed by atoms with van der Waals surface area (Å²) < 4.78 is 0. The molecule has 2 nitrogen and oxygen atoms in total. The fourth-order valence-electron chi connectivity index (χ4n) is 1.13. The van der Waals surface area contributed by atoms with Crippen molar-refractivity contribution in [2.24, 2.45) is 0 Å². The number of hydrogen-bond donors (Lipinski definition) is 2. The van der Waals surface area contributed by atoms with Crippen molar-refractivity contribution in [3.63, 3.8) is 0 Å². The molecule has 0 saturated carbocycles. The summed E-state index contributed by atoms with van der Waals surface area (Å²) >= 11 is 12.6. The van der Waals surface area contributed by atoms with Crippen LogP contribution in [0.1, 0.15) is 25.7 Å². The number of halogens is 2. The largest absolute Gasteiger partial charge is 0.392 e. The number of thioether (sulfide) groups is 1. The van der Waals surface area contributed by atoms with Gasteiger partial charge in [0.2, 0.25) is 0 Å². The summed E-state index contributed by atoms with van der Waals surface area (Å²) in [5.41, 5.74) is 0. The summed E-state index contributed by atoms with van der Waals surface area (Å²) in [6, 6.07) is 0. The third kappa shape index (κ3) is 11.1. The molecule has 0 aromatic carbocycles. The molecule has 0 rings (SSSR count). The zero-order valence-corrected chi connectivity index (χ0v) is 11.2. The van der Waals surface area contributed by atoms with Crippen LogP contribution in [0.5, 0.6) is 0 Å². The minimum absolute atomic E-state index is 0.297. The van der Waals surface area contributed by atoms with Crippen LogP contribution in [0, 0.1) is 0 Å². The lowest BCUT2D eigenvalue weighted by atomic mass is 10.2. The fraction of sp³-hybridized carbons (Fsp3) is 1.00. The summed E-state index contributed by atoms with van der Waals surface area (Å²) in [4.78, 5) is 0. The second-order valence-electron chi connectivity index (χ2n) is 3.51. The molecule has 0 aliphatic heterocycles. The van der Waals surface area contributed by atoms with Crippen molar-refractivity contribution in [2.45, 2.75) is 37.9 Å². The summed E-state index contributed by atoms with van der Waals surface area (Å²) in [5.74, 6) is 2.55. The van der Waals surface area contributed by atoms with Crippen molar-refractivity contribution in [1.29, 1.82) is 0 Å². The third-order valence-electron chi connectivity index (χ3n) is 1.96. The van der Waals surface area contributed by atoms with Crippen LogP contribution >= 0.6 is 35.0 Å². The molecule has 2 unspecified atom stereocenters. The Hall–Kier alpha value is 0.850. The van der Waals surface area contributed by atoms with Gasteiger partial charge in [0, 0.05) is 23.3 Å². The van der Waals surface area contributed by atoms with Crippen molar-refractivity contribution in [3.05, 3.63) is 0 Å². The number of rotatable bonds is 10. The Labute approximate surface area is 106 Å². The van der Waals surface area contributed by atoms with E-state index in [2.05, 4.69) is 0 Å². The number of aliphatic hydroxyl groups excluding tert-OH is 2. The van der Waals surface area contributed by atoms with Gasteiger partial charge in [-0.25, -0.2) is 0 Å². The van der Waals surface area contributed by atoms with Gasteiger partial charge in [0.15, 0.2) is 0 Å². The average molecular weight is 275 g/mol. The van der Waals surface area contributed by atoms with E-state index in [1.54, 1.807) is 11.8 Å². The van der Waals surface area contributed by atoms with Gasteiger partial charge in [0.25, 0.3) is 0 Å². The molecule has 92 valence electrons. The monoisotopic (exact) mass is 274 g/mol. The van der Waals surface area contributed by atoms with E-state index < -0.39 is 0 Å². The van der Waals surface area contributed by atoms with Crippen molar-refractivity contribution in [1.82, 2.24) is 0 Å². The topological polar surface area (TPSA) is 40.5 Å². The lowest BCUT2D eigenvalue weighted by molar-refractivity contribution is 0.183. The summed E-state index contributed by atoms with van der Waals surface area (Å²) in [5, 5.41) is 19.0. The van der Waals surface area contributed by atoms with Gasteiger partial charge in [-0.05, 0) is 25.7 Å². The summed E-state index contributed by atoms with van der Waals surface area (Å²) in [7, 11) is 0. The highest BCUT2D eigenvalue weighted by Gasteiger charge is 2.07. The van der Waals surface area contributed by atoms with Crippen molar-refractivity contribution in [3.8, 4) is 0 Å². The Morgan fingerprint density at radius 2 is 1.27 bits per heavy atom. The maximum absolute atomic E-state index is 9.49. The van der Waals surface area contributed by atoms with Crippen LogP contribution in [0.2, 0.25) is 0 Å². The average Bonchev–Trinajstić information content (AvgIpc) is 2.23. The number of hydrogen-bond acceptors (Lipinski definition) is 3. The van der Waals surface area contributed by atoms with Crippen LogP contribution in [-0.4, -0.2) is 45.7 Å². The van der Waals surface area contributed by atoms with Gasteiger partial charge < -0.3 is 10.2 Å². The standard InChI is InChI=1S/C10H20Cl2O2S/c11-5-1-3-9(13)7-15-8-10(14)4-2-6-12/h9-10,13-14H,1-8H2. The lowest BCUT2D eigenvalue weighted by Gasteiger charge is -2.12. The van der Waals surface area contributed by atoms with Crippen LogP contribution in [0.3, 0.4) is 0 Å². The van der Waals surface area contributed by atoms with Gasteiger partial charge in [-0.3, -0.25) is 0 Å². The molecule has 0 fully saturated rings. The molecular formula is C10H20Cl2O2S. The van der Waals surface area contributed by atoms with Crippen molar-refractivity contribution >= 4 is 35.0 Å². The first kappa shape index (κ1) is 15.9. The van der Waals surface area contributed by atoms with E-state index in [1.807, 2.05) is 0 Å². The van der Waals surface area contributed by atoms with E-state index in [1.165, 1.54) is 0 Å². The predicted molar refractivity (Wildman–Crippen MR) is 69.2 cm³/mol. The van der Waals surface area contributed by atoms with E-state index >= 15 is 0 Å². The van der Waals surface area contributed by atoms with Gasteiger partial charge in [0.05, 0.1) is 12.2 Å². The Morgan fingerprint density at radius 1 is 0.867 bits per heavy atom. The minimum Gasteiger partial charge on any atom is -0.392 e. The molecule has 2 N–H and O–H groups in total. The molecule has 0 saturated heterocycles. The Kier molecular flexibility index (Phi) is 12.0. The zero-order chi connectivity index (χ0) is 11.5. The minimum atomic E-state index is -0.297. The van der Waals surface area contributed by atoms with E-state index in [0.29, 0.717) is 23.3 Å². The van der Waals surface area contributed by atoms with E-state index in [-0.39, 0.29) is 12.2 Å². The van der Waals surface area contributed by atoms with Crippen LogP contribution < -0.4 is 0 Å². The van der Waals surface area contributed by atoms with E-state index in [9.17, 15) is 10.2 Å². The smallest absolute Gasteiger partial charge is 0.0631 e. The molecule has 0 radical (unpaired) electrons. The molecule has 0 spiro atoms. The molecule has 0 aromatic rings. The molecule has 2 atom stereocenters. The van der Waals surface area contributed by atoms with Gasteiger partial charge in [0.1, 0.15) is 0 Å². The van der Waals surface area contributed by atoms with Crippen LogP contribution in [0.25, 0.3) is 0 Å². The quantitative estimate of drug-likeness (QED) is 0.602. The molecule has 5 heteroatoms. The first-order chi connectivity index (χ1) is 7.20. The molecule has 0 aromatic heterocycles. The molecule has 0 heterocycles. The van der Waals surface area contributed by atoms with Crippen LogP contribution in [0.15, 0.2) is 0 Å². The first-order valence-corrected chi connectivity index (χ1v) is 7.49. The van der Waals surface area contributed by atoms with Crippen molar-refractivity contribution < 1.29 is 10.2 Å². The highest BCUT2D eigenvalue weighted by molar-refractivity contribution is 7.99. The summed E-state index contributed by atoms with van der Waals surface area (Å²) in [6.45, 7) is 0. The lowest BCUT2D eigenvalue weighted by Crippen LogP contribution is -2.15. The Balaban J connectivity index is 3.27. The second-order valence-corrected chi connectivity index (χ2v) is 5.34. The second kappa shape index (κ2) is 11.3. The van der Waals surface area contributed by atoms with Crippen LogP contribution in [0.4, 0.5) is 0 Å². The fourth-order valence-corrected chi connectivity index (χ4v) is 2.45. The molecule has 0 amide bonds. The number of aliphatic hydroxyl groups is 2. The van der Waals surface area contributed by atoms with Gasteiger partial charge in [-0.2, -0.15) is 11.8 Å². The third-order valence-corrected chi connectivity index (χ3v) is 3.74. The predicted octanol–water partition coefficient (Wildman–Crippen LogP) is 2.48. The molecular weight excluding hydrogens is 255 g/mol. The van der Waals surface area contributed by atoms with Crippen molar-refractivity contribution in [2.75, 3.05) is 23.3 Å². The zero-order valence-electron chi connectivity index (χ0n) is 8.87. The maximum atomic E-state index is 9.49. The highest BCUT2D eigenvalue weighted by Crippen LogP contribution is 2.11. The highest BCUT2D eigenvalue weighted by atomic mass is 35.5. The molecule has 0 aliphatic rings. The van der Waals surface area contributed by atoms with Gasteiger partial charge in [-0.1, -0.05) is 0 Å².